The molecule has 0 spiro atoms. The van der Waals surface area contributed by atoms with Gasteiger partial charge in [-0.3, -0.25) is 14.4 Å². The molecule has 0 bridgehead atoms. The molecule has 0 saturated carbocycles. The van der Waals surface area contributed by atoms with Crippen LogP contribution in [0, 0.1) is 13.8 Å². The fraction of sp³-hybridized carbons (Fsp3) is 0.429. The summed E-state index contributed by atoms with van der Waals surface area (Å²) in [6.45, 7) is 4.32. The highest BCUT2D eigenvalue weighted by molar-refractivity contribution is 6.29. The average molecular weight is 321 g/mol. The number of aromatic nitrogens is 4. The molecule has 116 valence electrons. The van der Waals surface area contributed by atoms with Crippen molar-refractivity contribution in [3.63, 3.8) is 0 Å². The summed E-state index contributed by atoms with van der Waals surface area (Å²) in [5.74, 6) is 1.96. The Bertz CT molecular complexity index is 708. The summed E-state index contributed by atoms with van der Waals surface area (Å²) < 4.78 is 1.72. The van der Waals surface area contributed by atoms with Crippen LogP contribution in [0.1, 0.15) is 17.9 Å². The largest absolute Gasteiger partial charge is 0.358 e. The van der Waals surface area contributed by atoms with Gasteiger partial charge in [-0.15, -0.1) is 0 Å². The van der Waals surface area contributed by atoms with Crippen LogP contribution >= 0.6 is 11.6 Å². The SMILES string of the molecule is Cc1cc(N2CCC(Nc3cc(Cl)nc(C)n3)C2=O)n(C)n1. The topological polar surface area (TPSA) is 75.9 Å². The third-order valence-corrected chi connectivity index (χ3v) is 3.78. The summed E-state index contributed by atoms with van der Waals surface area (Å²) in [7, 11) is 1.84. The Morgan fingerprint density at radius 2 is 2.09 bits per heavy atom. The number of nitrogens with zero attached hydrogens (tertiary/aromatic N) is 5. The van der Waals surface area contributed by atoms with Gasteiger partial charge in [0.1, 0.15) is 28.7 Å². The molecule has 1 aliphatic heterocycles. The highest BCUT2D eigenvalue weighted by Crippen LogP contribution is 2.24. The molecule has 1 atom stereocenters. The Morgan fingerprint density at radius 3 is 2.73 bits per heavy atom. The molecule has 0 aliphatic carbocycles. The minimum Gasteiger partial charge on any atom is -0.358 e. The molecule has 1 aliphatic rings. The summed E-state index contributed by atoms with van der Waals surface area (Å²) in [6.07, 6.45) is 0.698. The molecular weight excluding hydrogens is 304 g/mol. The molecule has 2 aromatic heterocycles. The molecule has 1 N–H and O–H groups in total. The number of hydrogen-bond donors (Lipinski definition) is 1. The first-order valence-electron chi connectivity index (χ1n) is 7.04. The van der Waals surface area contributed by atoms with E-state index < -0.39 is 0 Å². The van der Waals surface area contributed by atoms with Gasteiger partial charge < -0.3 is 5.32 Å². The van der Waals surface area contributed by atoms with E-state index in [1.165, 1.54) is 0 Å². The number of hydrogen-bond acceptors (Lipinski definition) is 5. The monoisotopic (exact) mass is 320 g/mol. The van der Waals surface area contributed by atoms with E-state index in [0.29, 0.717) is 29.8 Å². The number of amides is 1. The minimum absolute atomic E-state index is 0.00962. The van der Waals surface area contributed by atoms with Crippen LogP contribution < -0.4 is 10.2 Å². The number of halogens is 1. The summed E-state index contributed by atoms with van der Waals surface area (Å²) in [6, 6.07) is 3.21. The van der Waals surface area contributed by atoms with E-state index in [2.05, 4.69) is 20.4 Å². The fourth-order valence-electron chi connectivity index (χ4n) is 2.67. The third-order valence-electron chi connectivity index (χ3n) is 3.59. The first-order valence-corrected chi connectivity index (χ1v) is 7.41. The van der Waals surface area contributed by atoms with Crippen LogP contribution in [0.2, 0.25) is 5.15 Å². The van der Waals surface area contributed by atoms with Crippen LogP contribution in [0.25, 0.3) is 0 Å². The van der Waals surface area contributed by atoms with Crippen LogP contribution in [0.4, 0.5) is 11.6 Å². The maximum atomic E-state index is 12.6. The van der Waals surface area contributed by atoms with Crippen molar-refractivity contribution in [2.24, 2.45) is 7.05 Å². The molecule has 1 amide bonds. The molecule has 8 heteroatoms. The maximum absolute atomic E-state index is 12.6. The van der Waals surface area contributed by atoms with Crippen molar-refractivity contribution in [2.45, 2.75) is 26.3 Å². The third kappa shape index (κ3) is 2.76. The van der Waals surface area contributed by atoms with Crippen LogP contribution in [0.5, 0.6) is 0 Å². The van der Waals surface area contributed by atoms with Crippen molar-refractivity contribution in [1.29, 1.82) is 0 Å². The summed E-state index contributed by atoms with van der Waals surface area (Å²) in [4.78, 5) is 22.6. The maximum Gasteiger partial charge on any atom is 0.250 e. The van der Waals surface area contributed by atoms with Gasteiger partial charge in [0.2, 0.25) is 0 Å². The number of nitrogens with one attached hydrogen (secondary N) is 1. The Kier molecular flexibility index (Phi) is 3.74. The number of anilines is 2. The Labute approximate surface area is 133 Å². The fourth-order valence-corrected chi connectivity index (χ4v) is 2.90. The van der Waals surface area contributed by atoms with Crippen LogP contribution in [0.15, 0.2) is 12.1 Å². The number of carbonyl (C=O) groups is 1. The smallest absolute Gasteiger partial charge is 0.250 e. The Balaban J connectivity index is 1.77. The molecule has 3 heterocycles. The van der Waals surface area contributed by atoms with Gasteiger partial charge in [0, 0.05) is 25.7 Å². The van der Waals surface area contributed by atoms with Crippen molar-refractivity contribution in [1.82, 2.24) is 19.7 Å². The lowest BCUT2D eigenvalue weighted by Gasteiger charge is -2.17. The van der Waals surface area contributed by atoms with E-state index in [9.17, 15) is 4.79 Å². The van der Waals surface area contributed by atoms with Gasteiger partial charge in [0.25, 0.3) is 5.91 Å². The molecule has 1 saturated heterocycles. The van der Waals surface area contributed by atoms with Gasteiger partial charge in [-0.05, 0) is 20.3 Å². The van der Waals surface area contributed by atoms with Crippen molar-refractivity contribution in [2.75, 3.05) is 16.8 Å². The molecule has 1 fully saturated rings. The quantitative estimate of drug-likeness (QED) is 0.871. The summed E-state index contributed by atoms with van der Waals surface area (Å²) in [5.41, 5.74) is 0.889. The van der Waals surface area contributed by atoms with Crippen molar-refractivity contribution in [3.8, 4) is 0 Å². The number of carbonyl (C=O) groups excluding carboxylic acids is 1. The van der Waals surface area contributed by atoms with Crippen LogP contribution in [-0.2, 0) is 11.8 Å². The number of rotatable bonds is 3. The molecule has 2 aromatic rings. The second kappa shape index (κ2) is 5.57. The molecular formula is C14H17ClN6O. The lowest BCUT2D eigenvalue weighted by atomic mass is 10.2. The standard InChI is InChI=1S/C14H17ClN6O/c1-8-6-13(20(3)19-8)21-5-4-10(14(21)22)18-12-7-11(15)16-9(2)17-12/h6-7,10H,4-5H2,1-3H3,(H,16,17,18). The Morgan fingerprint density at radius 1 is 1.32 bits per heavy atom. The lowest BCUT2D eigenvalue weighted by molar-refractivity contribution is -0.117. The van der Waals surface area contributed by atoms with E-state index in [1.807, 2.05) is 20.0 Å². The number of aryl methyl sites for hydroxylation is 3. The van der Waals surface area contributed by atoms with Crippen molar-refractivity contribution < 1.29 is 4.79 Å². The van der Waals surface area contributed by atoms with Gasteiger partial charge in [-0.2, -0.15) is 5.10 Å². The Hall–Kier alpha value is -2.15. The van der Waals surface area contributed by atoms with Gasteiger partial charge in [-0.25, -0.2) is 9.97 Å². The van der Waals surface area contributed by atoms with E-state index >= 15 is 0 Å². The molecule has 1 unspecified atom stereocenters. The molecule has 3 rings (SSSR count). The van der Waals surface area contributed by atoms with E-state index in [4.69, 9.17) is 11.6 Å². The average Bonchev–Trinajstić information content (AvgIpc) is 2.92. The van der Waals surface area contributed by atoms with Gasteiger partial charge in [0.15, 0.2) is 0 Å². The molecule has 0 radical (unpaired) electrons. The van der Waals surface area contributed by atoms with Gasteiger partial charge >= 0.3 is 0 Å². The zero-order valence-electron chi connectivity index (χ0n) is 12.7. The van der Waals surface area contributed by atoms with E-state index in [0.717, 1.165) is 11.5 Å². The first-order chi connectivity index (χ1) is 10.4. The zero-order valence-corrected chi connectivity index (χ0v) is 13.4. The summed E-state index contributed by atoms with van der Waals surface area (Å²) >= 11 is 5.92. The van der Waals surface area contributed by atoms with Crippen molar-refractivity contribution in [3.05, 3.63) is 28.8 Å². The van der Waals surface area contributed by atoms with E-state index in [-0.39, 0.29) is 11.9 Å². The highest BCUT2D eigenvalue weighted by atomic mass is 35.5. The predicted octanol–water partition coefficient (Wildman–Crippen LogP) is 1.70. The van der Waals surface area contributed by atoms with Crippen molar-refractivity contribution >= 4 is 29.1 Å². The molecule has 22 heavy (non-hydrogen) atoms. The highest BCUT2D eigenvalue weighted by Gasteiger charge is 2.34. The normalized spacial score (nSPS) is 18.1. The van der Waals surface area contributed by atoms with Crippen LogP contribution in [-0.4, -0.2) is 38.2 Å². The summed E-state index contributed by atoms with van der Waals surface area (Å²) in [5, 5.41) is 7.79. The molecule has 0 aromatic carbocycles. The van der Waals surface area contributed by atoms with Gasteiger partial charge in [0.05, 0.1) is 5.69 Å². The van der Waals surface area contributed by atoms with E-state index in [1.54, 1.807) is 22.6 Å². The van der Waals surface area contributed by atoms with Gasteiger partial charge in [-0.1, -0.05) is 11.6 Å². The minimum atomic E-state index is -0.319. The molecule has 7 nitrogen and oxygen atoms in total. The predicted molar refractivity (Wildman–Crippen MR) is 84.1 cm³/mol. The first kappa shape index (κ1) is 14.8. The van der Waals surface area contributed by atoms with Crippen LogP contribution in [0.3, 0.4) is 0 Å². The second-order valence-corrected chi connectivity index (χ2v) is 5.75. The zero-order chi connectivity index (χ0) is 15.9. The lowest BCUT2D eigenvalue weighted by Crippen LogP contribution is -2.34. The second-order valence-electron chi connectivity index (χ2n) is 5.37.